The molecule has 0 unspecified atom stereocenters. The first-order valence-corrected chi connectivity index (χ1v) is 9.47. The number of Topliss-reactive ketones (excluding diaryl/α,β-unsaturated/α-hetero) is 1. The van der Waals surface area contributed by atoms with Crippen LogP contribution in [0.1, 0.15) is 39.5 Å². The lowest BCUT2D eigenvalue weighted by Gasteiger charge is -2.20. The third-order valence-electron chi connectivity index (χ3n) is 4.39. The van der Waals surface area contributed by atoms with E-state index in [2.05, 4.69) is 41.1 Å². The van der Waals surface area contributed by atoms with E-state index >= 15 is 0 Å². The molecule has 1 aliphatic rings. The zero-order valence-corrected chi connectivity index (χ0v) is 15.0. The van der Waals surface area contributed by atoms with Gasteiger partial charge in [-0.2, -0.15) is 0 Å². The Hall–Kier alpha value is -1.82. The smallest absolute Gasteiger partial charge is 0.277 e. The van der Waals surface area contributed by atoms with Crippen molar-refractivity contribution in [2.45, 2.75) is 50.0 Å². The van der Waals surface area contributed by atoms with E-state index in [0.717, 1.165) is 37.9 Å². The Morgan fingerprint density at radius 3 is 2.58 bits per heavy atom. The summed E-state index contributed by atoms with van der Waals surface area (Å²) in [5, 5.41) is 8.68. The Balaban J connectivity index is 1.69. The number of nitrogens with zero attached hydrogens (tertiary/aromatic N) is 3. The van der Waals surface area contributed by atoms with Crippen LogP contribution in [0, 0.1) is 0 Å². The van der Waals surface area contributed by atoms with Crippen LogP contribution >= 0.6 is 11.8 Å². The fourth-order valence-electron chi connectivity index (χ4n) is 2.97. The predicted molar refractivity (Wildman–Crippen MR) is 96.4 cm³/mol. The molecule has 3 rings (SSSR count). The van der Waals surface area contributed by atoms with Crippen molar-refractivity contribution in [3.63, 3.8) is 0 Å². The lowest BCUT2D eigenvalue weighted by atomic mass is 9.99. The molecule has 1 saturated carbocycles. The van der Waals surface area contributed by atoms with Crippen molar-refractivity contribution in [3.8, 4) is 11.5 Å². The van der Waals surface area contributed by atoms with Gasteiger partial charge in [-0.3, -0.25) is 4.79 Å². The van der Waals surface area contributed by atoms with E-state index in [1.165, 1.54) is 17.4 Å². The van der Waals surface area contributed by atoms with Crippen molar-refractivity contribution in [2.24, 2.45) is 0 Å². The second-order valence-electron chi connectivity index (χ2n) is 5.91. The minimum Gasteiger partial charge on any atom is -0.411 e. The molecule has 1 heterocycles. The predicted octanol–water partition coefficient (Wildman–Crippen LogP) is 4.19. The third kappa shape index (κ3) is 3.80. The molecule has 1 aromatic carbocycles. The van der Waals surface area contributed by atoms with Crippen molar-refractivity contribution in [3.05, 3.63) is 24.3 Å². The second-order valence-corrected chi connectivity index (χ2v) is 7.06. The first-order chi connectivity index (χ1) is 11.7. The highest BCUT2D eigenvalue weighted by molar-refractivity contribution is 8.00. The number of hydrogen-bond acceptors (Lipinski definition) is 6. The quantitative estimate of drug-likeness (QED) is 0.782. The number of carbonyl (C=O) groups excluding carboxylic acids is 1. The molecule has 2 aromatic rings. The summed E-state index contributed by atoms with van der Waals surface area (Å²) in [6.07, 6.45) is 3.67. The molecule has 0 saturated heterocycles. The summed E-state index contributed by atoms with van der Waals surface area (Å²) in [5.41, 5.74) is 2.09. The summed E-state index contributed by atoms with van der Waals surface area (Å²) < 4.78 is 5.75. The zero-order chi connectivity index (χ0) is 16.9. The largest absolute Gasteiger partial charge is 0.411 e. The van der Waals surface area contributed by atoms with Gasteiger partial charge in [0.1, 0.15) is 5.78 Å². The van der Waals surface area contributed by atoms with Crippen LogP contribution in [-0.4, -0.2) is 34.3 Å². The average Bonchev–Trinajstić information content (AvgIpc) is 3.07. The van der Waals surface area contributed by atoms with Gasteiger partial charge in [-0.05, 0) is 51.0 Å². The van der Waals surface area contributed by atoms with Crippen molar-refractivity contribution >= 4 is 23.2 Å². The molecule has 5 nitrogen and oxygen atoms in total. The van der Waals surface area contributed by atoms with Gasteiger partial charge in [0, 0.05) is 30.8 Å². The number of thioether (sulfide) groups is 1. The molecule has 1 fully saturated rings. The molecule has 0 amide bonds. The van der Waals surface area contributed by atoms with Gasteiger partial charge in [0.05, 0.1) is 5.25 Å². The van der Waals surface area contributed by atoms with Crippen LogP contribution in [0.5, 0.6) is 0 Å². The normalized spacial score (nSPS) is 17.9. The van der Waals surface area contributed by atoms with E-state index < -0.39 is 0 Å². The molecule has 0 radical (unpaired) electrons. The zero-order valence-electron chi connectivity index (χ0n) is 14.2. The molecular weight excluding hydrogens is 322 g/mol. The van der Waals surface area contributed by atoms with E-state index in [0.29, 0.717) is 23.3 Å². The molecule has 128 valence electrons. The summed E-state index contributed by atoms with van der Waals surface area (Å²) in [4.78, 5) is 14.2. The number of rotatable bonds is 6. The minimum absolute atomic E-state index is 0.0305. The van der Waals surface area contributed by atoms with E-state index in [-0.39, 0.29) is 5.25 Å². The van der Waals surface area contributed by atoms with Gasteiger partial charge in [-0.15, -0.1) is 10.2 Å². The Bertz CT molecular complexity index is 680. The van der Waals surface area contributed by atoms with Crippen LogP contribution in [0.15, 0.2) is 33.9 Å². The molecule has 24 heavy (non-hydrogen) atoms. The Labute approximate surface area is 146 Å². The average molecular weight is 345 g/mol. The van der Waals surface area contributed by atoms with Gasteiger partial charge in [0.15, 0.2) is 0 Å². The highest BCUT2D eigenvalue weighted by atomic mass is 32.2. The standard InChI is InChI=1S/C18H23N3O2S/c1-3-21(4-2)14-11-9-13(10-12-14)17-19-20-18(23-17)24-16-8-6-5-7-15(16)22/h9-12,16H,3-8H2,1-2H3/t16-/m0/s1. The molecule has 1 aliphatic carbocycles. The first kappa shape index (κ1) is 17.0. The first-order valence-electron chi connectivity index (χ1n) is 8.59. The topological polar surface area (TPSA) is 59.2 Å². The van der Waals surface area contributed by atoms with E-state index in [9.17, 15) is 4.79 Å². The molecular formula is C18H23N3O2S. The summed E-state index contributed by atoms with van der Waals surface area (Å²) in [6.45, 7) is 6.25. The van der Waals surface area contributed by atoms with Crippen molar-refractivity contribution in [2.75, 3.05) is 18.0 Å². The molecule has 6 heteroatoms. The van der Waals surface area contributed by atoms with Crippen molar-refractivity contribution < 1.29 is 9.21 Å². The van der Waals surface area contributed by atoms with E-state index in [4.69, 9.17) is 4.42 Å². The molecule has 0 bridgehead atoms. The number of aromatic nitrogens is 2. The second kappa shape index (κ2) is 7.83. The van der Waals surface area contributed by atoms with Crippen molar-refractivity contribution in [1.82, 2.24) is 10.2 Å². The third-order valence-corrected chi connectivity index (χ3v) is 5.54. The monoisotopic (exact) mass is 345 g/mol. The molecule has 0 aliphatic heterocycles. The maximum Gasteiger partial charge on any atom is 0.277 e. The van der Waals surface area contributed by atoms with Crippen molar-refractivity contribution in [1.29, 1.82) is 0 Å². The van der Waals surface area contributed by atoms with Crippen LogP contribution in [0.25, 0.3) is 11.5 Å². The molecule has 1 aromatic heterocycles. The summed E-state index contributed by atoms with van der Waals surface area (Å²) in [5.74, 6) is 0.807. The van der Waals surface area contributed by atoms with E-state index in [1.807, 2.05) is 12.1 Å². The van der Waals surface area contributed by atoms with Gasteiger partial charge in [-0.1, -0.05) is 18.2 Å². The molecule has 0 N–H and O–H groups in total. The SMILES string of the molecule is CCN(CC)c1ccc(-c2nnc(S[C@H]3CCCCC3=O)o2)cc1. The lowest BCUT2D eigenvalue weighted by Crippen LogP contribution is -2.21. The lowest BCUT2D eigenvalue weighted by molar-refractivity contribution is -0.119. The number of hydrogen-bond donors (Lipinski definition) is 0. The van der Waals surface area contributed by atoms with Gasteiger partial charge in [0.25, 0.3) is 5.22 Å². The van der Waals surface area contributed by atoms with E-state index in [1.54, 1.807) is 0 Å². The van der Waals surface area contributed by atoms with Crippen LogP contribution in [0.3, 0.4) is 0 Å². The fourth-order valence-corrected chi connectivity index (χ4v) is 3.97. The fraction of sp³-hybridized carbons (Fsp3) is 0.500. The van der Waals surface area contributed by atoms with Gasteiger partial charge < -0.3 is 9.32 Å². The van der Waals surface area contributed by atoms with Gasteiger partial charge in [-0.25, -0.2) is 0 Å². The minimum atomic E-state index is -0.0305. The van der Waals surface area contributed by atoms with Crippen LogP contribution in [-0.2, 0) is 4.79 Å². The number of ketones is 1. The Morgan fingerprint density at radius 1 is 1.17 bits per heavy atom. The van der Waals surface area contributed by atoms with Crippen LogP contribution in [0.2, 0.25) is 0 Å². The maximum atomic E-state index is 11.9. The number of benzene rings is 1. The van der Waals surface area contributed by atoms with Crippen LogP contribution < -0.4 is 4.90 Å². The summed E-state index contributed by atoms with van der Waals surface area (Å²) in [7, 11) is 0. The maximum absolute atomic E-state index is 11.9. The molecule has 1 atom stereocenters. The van der Waals surface area contributed by atoms with Gasteiger partial charge in [0.2, 0.25) is 5.89 Å². The number of anilines is 1. The highest BCUT2D eigenvalue weighted by Gasteiger charge is 2.25. The highest BCUT2D eigenvalue weighted by Crippen LogP contribution is 2.32. The summed E-state index contributed by atoms with van der Waals surface area (Å²) in [6, 6.07) is 8.15. The summed E-state index contributed by atoms with van der Waals surface area (Å²) >= 11 is 1.41. The van der Waals surface area contributed by atoms with Gasteiger partial charge >= 0.3 is 0 Å². The molecule has 0 spiro atoms. The Morgan fingerprint density at radius 2 is 1.92 bits per heavy atom. The van der Waals surface area contributed by atoms with Crippen LogP contribution in [0.4, 0.5) is 5.69 Å². The Kier molecular flexibility index (Phi) is 5.56. The number of carbonyl (C=O) groups is 1.